The van der Waals surface area contributed by atoms with E-state index in [0.29, 0.717) is 42.7 Å². The molecule has 0 bridgehead atoms. The van der Waals surface area contributed by atoms with Crippen LogP contribution in [-0.2, 0) is 6.18 Å². The number of aromatic nitrogens is 3. The minimum atomic E-state index is -4.62. The number of halogens is 5. The van der Waals surface area contributed by atoms with Crippen LogP contribution in [-0.4, -0.2) is 63.2 Å². The molecule has 1 aliphatic heterocycles. The predicted molar refractivity (Wildman–Crippen MR) is 135 cm³/mol. The van der Waals surface area contributed by atoms with Crippen LogP contribution in [0.25, 0.3) is 0 Å². The number of piperidine rings is 1. The highest BCUT2D eigenvalue weighted by Crippen LogP contribution is 2.30. The third-order valence-corrected chi connectivity index (χ3v) is 6.72. The Bertz CT molecular complexity index is 1310. The average Bonchev–Trinajstić information content (AvgIpc) is 3.23. The predicted octanol–water partition coefficient (Wildman–Crippen LogP) is 4.72. The number of likely N-dealkylation sites (tertiary alicyclic amines) is 1. The molecule has 1 fully saturated rings. The lowest BCUT2D eigenvalue weighted by Gasteiger charge is -2.32. The topological polar surface area (TPSA) is 112 Å². The number of carbonyl (C=O) groups excluding carboxylic acids is 2. The average molecular weight is 570 g/mol. The Labute approximate surface area is 224 Å². The zero-order valence-corrected chi connectivity index (χ0v) is 21.4. The number of carbonyl (C=O) groups is 2. The maximum atomic E-state index is 13.5. The maximum absolute atomic E-state index is 13.5. The van der Waals surface area contributed by atoms with E-state index in [4.69, 9.17) is 0 Å². The van der Waals surface area contributed by atoms with E-state index in [2.05, 4.69) is 30.3 Å². The Morgan fingerprint density at radius 2 is 1.85 bits per heavy atom. The van der Waals surface area contributed by atoms with E-state index in [9.17, 15) is 31.5 Å². The Kier molecular flexibility index (Phi) is 8.39. The maximum Gasteiger partial charge on any atom is 0.434 e. The number of alkyl halides is 5. The zero-order valence-electron chi connectivity index (χ0n) is 20.6. The first kappa shape index (κ1) is 28.3. The van der Waals surface area contributed by atoms with Gasteiger partial charge in [0.2, 0.25) is 0 Å². The molecule has 0 aliphatic carbocycles. The molecule has 0 saturated carbocycles. The fourth-order valence-corrected chi connectivity index (χ4v) is 4.74. The van der Waals surface area contributed by atoms with Crippen molar-refractivity contribution in [2.75, 3.05) is 36.8 Å². The third kappa shape index (κ3) is 7.44. The lowest BCUT2D eigenvalue weighted by Crippen LogP contribution is -2.45. The van der Waals surface area contributed by atoms with Gasteiger partial charge in [-0.15, -0.1) is 0 Å². The Balaban J connectivity index is 1.32. The minimum Gasteiger partial charge on any atom is -0.351 e. The van der Waals surface area contributed by atoms with Crippen molar-refractivity contribution in [3.8, 4) is 0 Å². The molecule has 0 spiro atoms. The monoisotopic (exact) mass is 569 g/mol. The number of nitrogens with zero attached hydrogens (tertiary/aromatic N) is 4. The summed E-state index contributed by atoms with van der Waals surface area (Å²) in [4.78, 5) is 34.0. The number of hydrogen-bond acceptors (Lipinski definition) is 8. The van der Waals surface area contributed by atoms with Crippen molar-refractivity contribution in [3.05, 3.63) is 59.2 Å². The molecule has 4 rings (SSSR count). The molecular formula is C24H24F5N7O2S. The highest BCUT2D eigenvalue weighted by molar-refractivity contribution is 7.10. The van der Waals surface area contributed by atoms with E-state index in [-0.39, 0.29) is 41.8 Å². The van der Waals surface area contributed by atoms with Gasteiger partial charge in [-0.2, -0.15) is 17.5 Å². The van der Waals surface area contributed by atoms with Crippen molar-refractivity contribution in [1.82, 2.24) is 24.6 Å². The second-order valence-corrected chi connectivity index (χ2v) is 9.68. The Morgan fingerprint density at radius 1 is 1.10 bits per heavy atom. The van der Waals surface area contributed by atoms with E-state index in [1.54, 1.807) is 11.8 Å². The quantitative estimate of drug-likeness (QED) is 0.337. The summed E-state index contributed by atoms with van der Waals surface area (Å²) in [6.45, 7) is 2.39. The van der Waals surface area contributed by atoms with Crippen molar-refractivity contribution >= 4 is 39.9 Å². The van der Waals surface area contributed by atoms with E-state index in [1.165, 1.54) is 24.3 Å². The Morgan fingerprint density at radius 3 is 2.49 bits per heavy atom. The van der Waals surface area contributed by atoms with Crippen LogP contribution in [0.15, 0.2) is 36.7 Å². The molecule has 2 amide bonds. The molecule has 1 aromatic carbocycles. The molecule has 0 radical (unpaired) electrons. The summed E-state index contributed by atoms with van der Waals surface area (Å²) in [7, 11) is 0. The number of hydrogen-bond donors (Lipinski definition) is 3. The number of aryl methyl sites for hydroxylation is 1. The smallest absolute Gasteiger partial charge is 0.351 e. The van der Waals surface area contributed by atoms with Crippen LogP contribution >= 0.6 is 11.5 Å². The molecule has 3 N–H and O–H groups in total. The van der Waals surface area contributed by atoms with Gasteiger partial charge in [-0.3, -0.25) is 14.5 Å². The molecule has 15 heteroatoms. The van der Waals surface area contributed by atoms with Gasteiger partial charge < -0.3 is 16.0 Å². The summed E-state index contributed by atoms with van der Waals surface area (Å²) in [6, 6.07) is 6.08. The van der Waals surface area contributed by atoms with Gasteiger partial charge in [0, 0.05) is 30.8 Å². The van der Waals surface area contributed by atoms with Gasteiger partial charge >= 0.3 is 6.18 Å². The first-order valence-electron chi connectivity index (χ1n) is 11.8. The molecule has 0 atom stereocenters. The van der Waals surface area contributed by atoms with Gasteiger partial charge in [0.25, 0.3) is 17.7 Å². The van der Waals surface area contributed by atoms with Crippen molar-refractivity contribution in [3.63, 3.8) is 0 Å². The highest BCUT2D eigenvalue weighted by atomic mass is 32.1. The van der Waals surface area contributed by atoms with Crippen molar-refractivity contribution in [1.29, 1.82) is 0 Å². The molecule has 2 aromatic heterocycles. The van der Waals surface area contributed by atoms with Crippen LogP contribution in [0.4, 0.5) is 38.5 Å². The first-order valence-corrected chi connectivity index (χ1v) is 12.6. The number of nitrogens with one attached hydrogen (secondary N) is 3. The summed E-state index contributed by atoms with van der Waals surface area (Å²) >= 11 is 0.934. The van der Waals surface area contributed by atoms with E-state index >= 15 is 0 Å². The standard InChI is InChI=1S/C24H24F5N7O2S/c1-14-19(22(39-35-14)34-18-12-31-17(11-32-18)24(27,28)29)21(38)33-16-5-3-15(4-6-16)20(37)30-8-10-36-9-2-7-23(25,26)13-36/h3-6,11-12H,2,7-10,13H2,1H3,(H,30,37)(H,32,34)(H,33,38). The molecule has 1 saturated heterocycles. The molecule has 1 aliphatic rings. The number of amides is 2. The van der Waals surface area contributed by atoms with Gasteiger partial charge in [-0.05, 0) is 55.7 Å². The van der Waals surface area contributed by atoms with Crippen LogP contribution in [0.2, 0.25) is 0 Å². The highest BCUT2D eigenvalue weighted by Gasteiger charge is 2.35. The van der Waals surface area contributed by atoms with Gasteiger partial charge in [0.05, 0.1) is 30.2 Å². The molecular weight excluding hydrogens is 545 g/mol. The van der Waals surface area contributed by atoms with Crippen LogP contribution in [0.1, 0.15) is 44.9 Å². The zero-order chi connectivity index (χ0) is 28.2. The first-order chi connectivity index (χ1) is 18.4. The van der Waals surface area contributed by atoms with E-state index in [0.717, 1.165) is 17.7 Å². The summed E-state index contributed by atoms with van der Waals surface area (Å²) in [6.07, 6.45) is -2.84. The molecule has 9 nitrogen and oxygen atoms in total. The summed E-state index contributed by atoms with van der Waals surface area (Å²) in [5, 5.41) is 8.43. The van der Waals surface area contributed by atoms with E-state index in [1.807, 2.05) is 0 Å². The molecule has 3 heterocycles. The lowest BCUT2D eigenvalue weighted by molar-refractivity contribution is -0.141. The van der Waals surface area contributed by atoms with Crippen LogP contribution in [0, 0.1) is 6.92 Å². The number of benzene rings is 1. The SMILES string of the molecule is Cc1nsc(Nc2cnc(C(F)(F)F)cn2)c1C(=O)Nc1ccc(C(=O)NCCN2CCCC(F)(F)C2)cc1. The Hall–Kier alpha value is -3.72. The van der Waals surface area contributed by atoms with Crippen molar-refractivity contribution in [2.24, 2.45) is 0 Å². The fraction of sp³-hybridized carbons (Fsp3) is 0.375. The molecule has 39 heavy (non-hydrogen) atoms. The summed E-state index contributed by atoms with van der Waals surface area (Å²) in [5.41, 5.74) is 0.135. The molecule has 3 aromatic rings. The number of rotatable bonds is 8. The van der Waals surface area contributed by atoms with Gasteiger partial charge in [0.1, 0.15) is 10.8 Å². The second-order valence-electron chi connectivity index (χ2n) is 8.90. The van der Waals surface area contributed by atoms with Gasteiger partial charge in [-0.1, -0.05) is 0 Å². The second kappa shape index (κ2) is 11.6. The third-order valence-electron chi connectivity index (χ3n) is 5.86. The van der Waals surface area contributed by atoms with Gasteiger partial charge in [-0.25, -0.2) is 18.7 Å². The van der Waals surface area contributed by atoms with Crippen molar-refractivity contribution < 1.29 is 31.5 Å². The van der Waals surface area contributed by atoms with Crippen LogP contribution in [0.3, 0.4) is 0 Å². The van der Waals surface area contributed by atoms with Crippen molar-refractivity contribution in [2.45, 2.75) is 31.9 Å². The van der Waals surface area contributed by atoms with E-state index < -0.39 is 23.7 Å². The fourth-order valence-electron chi connectivity index (χ4n) is 3.94. The summed E-state index contributed by atoms with van der Waals surface area (Å²) < 4.78 is 69.3. The summed E-state index contributed by atoms with van der Waals surface area (Å²) in [5.74, 6) is -3.60. The lowest BCUT2D eigenvalue weighted by atomic mass is 10.1. The largest absolute Gasteiger partial charge is 0.434 e. The molecule has 0 unspecified atom stereocenters. The molecule has 208 valence electrons. The van der Waals surface area contributed by atoms with Crippen LogP contribution < -0.4 is 16.0 Å². The van der Waals surface area contributed by atoms with Gasteiger partial charge in [0.15, 0.2) is 5.69 Å². The normalized spacial score (nSPS) is 15.5. The number of anilines is 3. The minimum absolute atomic E-state index is 0.00469. The van der Waals surface area contributed by atoms with Crippen LogP contribution in [0.5, 0.6) is 0 Å².